The predicted octanol–water partition coefficient (Wildman–Crippen LogP) is 11.1. The monoisotopic (exact) mass is 574 g/mol. The number of hydrogen-bond donors (Lipinski definition) is 0. The maximum absolute atomic E-state index is 3.39. The van der Waals surface area contributed by atoms with E-state index in [0.29, 0.717) is 5.92 Å². The summed E-state index contributed by atoms with van der Waals surface area (Å²) in [5.74, 6) is 0.519. The number of allylic oxidation sites excluding steroid dienone is 5. The van der Waals surface area contributed by atoms with Crippen LogP contribution in [0.4, 0.5) is 22.7 Å². The van der Waals surface area contributed by atoms with Crippen molar-refractivity contribution in [2.75, 3.05) is 9.80 Å². The zero-order valence-corrected chi connectivity index (χ0v) is 26.9. The molecule has 4 aromatic carbocycles. The lowest BCUT2D eigenvalue weighted by Crippen LogP contribution is -2.31. The number of nitrogens with zero attached hydrogens (tertiary/aromatic N) is 2. The molecule has 0 aromatic heterocycles. The smallest absolute Gasteiger partial charge is 0.0935 e. The van der Waals surface area contributed by atoms with Gasteiger partial charge in [-0.25, -0.2) is 0 Å². The molecule has 4 aromatic rings. The van der Waals surface area contributed by atoms with Crippen LogP contribution in [0.15, 0.2) is 121 Å². The van der Waals surface area contributed by atoms with Gasteiger partial charge in [-0.15, -0.1) is 0 Å². The molecule has 0 amide bonds. The third-order valence-electron chi connectivity index (χ3n) is 8.72. The number of hydrogen-bond acceptors (Lipinski definition) is 2. The van der Waals surface area contributed by atoms with Crippen LogP contribution in [-0.4, -0.2) is 6.04 Å². The lowest BCUT2D eigenvalue weighted by molar-refractivity contribution is 0.726. The molecule has 2 aliphatic carbocycles. The Labute approximate surface area is 264 Å². The van der Waals surface area contributed by atoms with E-state index in [9.17, 15) is 0 Å². The molecule has 2 nitrogen and oxygen atoms in total. The fourth-order valence-corrected chi connectivity index (χ4v) is 6.54. The standard InChI is InChI=1S/C42H42N2/c1-29-11-7-15-35(23-29)43(36-16-8-12-30(2)24-36)39-19-21-41(33(5)27-39)42-22-20-40(28-34(42)6)44(37-17-9-13-31(3)25-37)38-18-10-14-32(4)26-38/h7-9,11,13-17,19-27,30,40H,12,28H2,1-6H3. The van der Waals surface area contributed by atoms with Crippen LogP contribution in [0.2, 0.25) is 0 Å². The molecule has 0 N–H and O–H groups in total. The summed E-state index contributed by atoms with van der Waals surface area (Å²) in [5.41, 5.74) is 14.8. The highest BCUT2D eigenvalue weighted by Crippen LogP contribution is 2.39. The third-order valence-corrected chi connectivity index (χ3v) is 8.72. The summed E-state index contributed by atoms with van der Waals surface area (Å²) in [7, 11) is 0. The Morgan fingerprint density at radius 3 is 2.16 bits per heavy atom. The van der Waals surface area contributed by atoms with Crippen molar-refractivity contribution in [2.45, 2.75) is 60.4 Å². The number of benzene rings is 3. The van der Waals surface area contributed by atoms with Crippen molar-refractivity contribution >= 4 is 28.3 Å². The van der Waals surface area contributed by atoms with Crippen molar-refractivity contribution in [2.24, 2.45) is 5.92 Å². The van der Waals surface area contributed by atoms with Gasteiger partial charge in [0.25, 0.3) is 0 Å². The van der Waals surface area contributed by atoms with Crippen molar-refractivity contribution in [3.63, 3.8) is 0 Å². The van der Waals surface area contributed by atoms with Crippen LogP contribution in [0.3, 0.4) is 0 Å². The van der Waals surface area contributed by atoms with Crippen molar-refractivity contribution in [1.29, 1.82) is 0 Å². The van der Waals surface area contributed by atoms with E-state index in [2.05, 4.69) is 167 Å². The van der Waals surface area contributed by atoms with Gasteiger partial charge in [-0.1, -0.05) is 73.2 Å². The normalized spacial score (nSPS) is 17.7. The van der Waals surface area contributed by atoms with Crippen LogP contribution in [0.25, 0.3) is 5.57 Å². The summed E-state index contributed by atoms with van der Waals surface area (Å²) in [6.45, 7) is 13.3. The second-order valence-electron chi connectivity index (χ2n) is 12.6. The highest BCUT2D eigenvalue weighted by Gasteiger charge is 2.25. The molecule has 0 radical (unpaired) electrons. The van der Waals surface area contributed by atoms with Gasteiger partial charge in [0.15, 0.2) is 0 Å². The van der Waals surface area contributed by atoms with Crippen molar-refractivity contribution < 1.29 is 0 Å². The average molecular weight is 575 g/mol. The molecule has 220 valence electrons. The van der Waals surface area contributed by atoms with E-state index in [1.807, 2.05) is 6.07 Å². The zero-order valence-electron chi connectivity index (χ0n) is 26.9. The minimum atomic E-state index is 0.190. The largest absolute Gasteiger partial charge is 0.327 e. The van der Waals surface area contributed by atoms with E-state index in [4.69, 9.17) is 0 Å². The topological polar surface area (TPSA) is 6.48 Å². The van der Waals surface area contributed by atoms with Crippen LogP contribution in [-0.2, 0) is 0 Å². The predicted molar refractivity (Wildman–Crippen MR) is 188 cm³/mol. The Bertz CT molecular complexity index is 1750. The molecule has 0 saturated carbocycles. The van der Waals surface area contributed by atoms with E-state index in [1.165, 1.54) is 61.7 Å². The molecule has 0 fully saturated rings. The summed E-state index contributed by atoms with van der Waals surface area (Å²) >= 11 is 0. The lowest BCUT2D eigenvalue weighted by Gasteiger charge is -2.34. The molecule has 0 saturated heterocycles. The highest BCUT2D eigenvalue weighted by atomic mass is 15.2. The second-order valence-corrected chi connectivity index (χ2v) is 12.6. The first kappa shape index (κ1) is 29.3. The minimum absolute atomic E-state index is 0.190. The van der Waals surface area contributed by atoms with Gasteiger partial charge in [0.2, 0.25) is 0 Å². The quantitative estimate of drug-likeness (QED) is 0.217. The summed E-state index contributed by atoms with van der Waals surface area (Å²) in [6.07, 6.45) is 13.7. The van der Waals surface area contributed by atoms with Crippen molar-refractivity contribution in [3.8, 4) is 0 Å². The minimum Gasteiger partial charge on any atom is -0.327 e. The molecule has 0 aliphatic heterocycles. The Kier molecular flexibility index (Phi) is 8.32. The van der Waals surface area contributed by atoms with Crippen LogP contribution in [0.1, 0.15) is 54.5 Å². The van der Waals surface area contributed by atoms with Crippen LogP contribution in [0.5, 0.6) is 0 Å². The van der Waals surface area contributed by atoms with Gasteiger partial charge < -0.3 is 9.80 Å². The summed E-state index contributed by atoms with van der Waals surface area (Å²) in [6, 6.07) is 35.5. The molecule has 2 unspecified atom stereocenters. The second kappa shape index (κ2) is 12.5. The summed E-state index contributed by atoms with van der Waals surface area (Å²) < 4.78 is 0. The number of anilines is 4. The molecule has 2 atom stereocenters. The van der Waals surface area contributed by atoms with Gasteiger partial charge in [0.05, 0.1) is 11.7 Å². The molecular weight excluding hydrogens is 532 g/mol. The molecule has 2 aliphatic rings. The van der Waals surface area contributed by atoms with Gasteiger partial charge in [0.1, 0.15) is 0 Å². The SMILES string of the molecule is CC1=C(c2ccc(N(C3=CC(C)CC=C3)c3cccc(C)c3)cc2C)C=CC(N(c2c#ccc(C)c2)c2cccc(C)c2)C1. The summed E-state index contributed by atoms with van der Waals surface area (Å²) in [4.78, 5) is 4.81. The third kappa shape index (κ3) is 6.15. The zero-order chi connectivity index (χ0) is 30.8. The number of rotatable bonds is 7. The van der Waals surface area contributed by atoms with Gasteiger partial charge >= 0.3 is 0 Å². The maximum atomic E-state index is 3.39. The first-order valence-electron chi connectivity index (χ1n) is 15.8. The van der Waals surface area contributed by atoms with Crippen molar-refractivity contribution in [1.82, 2.24) is 0 Å². The maximum Gasteiger partial charge on any atom is 0.0935 e. The molecule has 0 heterocycles. The lowest BCUT2D eigenvalue weighted by atomic mass is 9.87. The van der Waals surface area contributed by atoms with Gasteiger partial charge in [-0.3, -0.25) is 0 Å². The van der Waals surface area contributed by atoms with E-state index >= 15 is 0 Å². The van der Waals surface area contributed by atoms with Crippen LogP contribution < -0.4 is 9.80 Å². The molecule has 6 rings (SSSR count). The average Bonchev–Trinajstić information content (AvgIpc) is 2.98. The first-order valence-corrected chi connectivity index (χ1v) is 15.8. The van der Waals surface area contributed by atoms with Gasteiger partial charge in [-0.05, 0) is 147 Å². The van der Waals surface area contributed by atoms with E-state index in [-0.39, 0.29) is 6.04 Å². The molecule has 44 heavy (non-hydrogen) atoms. The Balaban J connectivity index is 1.34. The molecular formula is C42H42N2. The Morgan fingerprint density at radius 1 is 0.750 bits per heavy atom. The van der Waals surface area contributed by atoms with E-state index < -0.39 is 0 Å². The first-order chi connectivity index (χ1) is 21.3. The Morgan fingerprint density at radius 2 is 1.48 bits per heavy atom. The van der Waals surface area contributed by atoms with Crippen LogP contribution >= 0.6 is 0 Å². The fraction of sp³-hybridized carbons (Fsp3) is 0.238. The molecule has 0 bridgehead atoms. The van der Waals surface area contributed by atoms with Gasteiger partial charge in [-0.2, -0.15) is 0 Å². The highest BCUT2D eigenvalue weighted by molar-refractivity contribution is 5.82. The molecule has 2 heteroatoms. The number of aryl methyl sites for hydroxylation is 4. The van der Waals surface area contributed by atoms with E-state index in [1.54, 1.807) is 0 Å². The van der Waals surface area contributed by atoms with Gasteiger partial charge in [0, 0.05) is 22.8 Å². The summed E-state index contributed by atoms with van der Waals surface area (Å²) in [5, 5.41) is 0. The van der Waals surface area contributed by atoms with Crippen molar-refractivity contribution in [3.05, 3.63) is 160 Å². The molecule has 0 spiro atoms. The Hall–Kier alpha value is -4.74. The van der Waals surface area contributed by atoms with Crippen LogP contribution in [0, 0.1) is 45.7 Å². The fourth-order valence-electron chi connectivity index (χ4n) is 6.54. The van der Waals surface area contributed by atoms with E-state index in [0.717, 1.165) is 18.5 Å².